The molecule has 56 heavy (non-hydrogen) atoms. The van der Waals surface area contributed by atoms with E-state index in [0.717, 1.165) is 6.42 Å². The first kappa shape index (κ1) is 39.0. The molecule has 1 aromatic heterocycles. The third-order valence-corrected chi connectivity index (χ3v) is 13.1. The number of rotatable bonds is 8. The van der Waals surface area contributed by atoms with Gasteiger partial charge in [-0.2, -0.15) is 0 Å². The van der Waals surface area contributed by atoms with Crippen LogP contribution >= 0.6 is 0 Å². The van der Waals surface area contributed by atoms with Crippen LogP contribution in [0, 0.1) is 23.6 Å². The summed E-state index contributed by atoms with van der Waals surface area (Å²) in [5, 5.41) is 15.7. The van der Waals surface area contributed by atoms with E-state index in [0.29, 0.717) is 53.5 Å². The number of allylic oxidation sites excluding steroid dienone is 1. The highest BCUT2D eigenvalue weighted by Gasteiger charge is 2.62. The van der Waals surface area contributed by atoms with Gasteiger partial charge in [0.15, 0.2) is 0 Å². The standard InChI is InChI=1S/C40H46FN5O9S/c1-22-6-4-5-7-26-20-40(26,38(49)45-56(52,53)30-13-14-30)44-35(47)33-19-29(21-46(33)37(48)34(23(2)16-22)43-39(50)51)55-36-31-15-12-28(54-3)17-25(31)18-32(42-36)24-8-10-27(41)11-9-24/h5,7-12,15,17-18,22-23,26,29-30,33-34,43H,4,6,13-14,16,19-21H2,1-3H3,(H,44,47)(H,45,49)(H,50,51)/b7-5-/t22-,23-,26-,29-,33+,34+,40-/m1/s1. The predicted molar refractivity (Wildman–Crippen MR) is 204 cm³/mol. The van der Waals surface area contributed by atoms with Gasteiger partial charge in [-0.25, -0.2) is 22.6 Å². The molecule has 2 aromatic carbocycles. The molecule has 4 amide bonds. The van der Waals surface area contributed by atoms with E-state index < -0.39 is 80.5 Å². The number of sulfonamides is 1. The van der Waals surface area contributed by atoms with Crippen molar-refractivity contribution in [1.29, 1.82) is 0 Å². The highest BCUT2D eigenvalue weighted by Crippen LogP contribution is 2.46. The van der Waals surface area contributed by atoms with Crippen LogP contribution in [0.25, 0.3) is 22.0 Å². The maximum absolute atomic E-state index is 14.5. The number of aromatic nitrogens is 1. The second kappa shape index (κ2) is 15.4. The second-order valence-corrected chi connectivity index (χ2v) is 17.5. The minimum Gasteiger partial charge on any atom is -0.497 e. The lowest BCUT2D eigenvalue weighted by Crippen LogP contribution is -2.59. The van der Waals surface area contributed by atoms with Crippen LogP contribution in [0.15, 0.2) is 60.7 Å². The molecule has 2 aliphatic heterocycles. The van der Waals surface area contributed by atoms with Crippen molar-refractivity contribution in [2.24, 2.45) is 17.8 Å². The van der Waals surface area contributed by atoms with Gasteiger partial charge in [-0.3, -0.25) is 19.1 Å². The summed E-state index contributed by atoms with van der Waals surface area (Å²) in [5.41, 5.74) is -0.486. The number of carboxylic acid groups (broad SMARTS) is 1. The second-order valence-electron chi connectivity index (χ2n) is 15.6. The molecule has 2 aliphatic carbocycles. The van der Waals surface area contributed by atoms with Crippen molar-refractivity contribution < 1.29 is 46.6 Å². The summed E-state index contributed by atoms with van der Waals surface area (Å²) < 4.78 is 53.8. The number of amides is 4. The first-order valence-corrected chi connectivity index (χ1v) is 20.5. The van der Waals surface area contributed by atoms with Gasteiger partial charge in [-0.15, -0.1) is 0 Å². The molecule has 16 heteroatoms. The molecule has 14 nitrogen and oxygen atoms in total. The third-order valence-electron chi connectivity index (χ3n) is 11.3. The number of nitrogens with one attached hydrogen (secondary N) is 3. The number of ether oxygens (including phenoxy) is 2. The number of carbonyl (C=O) groups excluding carboxylic acids is 3. The highest BCUT2D eigenvalue weighted by atomic mass is 32.2. The molecule has 0 bridgehead atoms. The Morgan fingerprint density at radius 2 is 1.80 bits per heavy atom. The Labute approximate surface area is 324 Å². The monoisotopic (exact) mass is 791 g/mol. The summed E-state index contributed by atoms with van der Waals surface area (Å²) in [4.78, 5) is 60.9. The van der Waals surface area contributed by atoms with Crippen LogP contribution in [0.4, 0.5) is 9.18 Å². The topological polar surface area (TPSA) is 193 Å². The van der Waals surface area contributed by atoms with Crippen molar-refractivity contribution in [2.75, 3.05) is 13.7 Å². The Morgan fingerprint density at radius 3 is 2.50 bits per heavy atom. The molecule has 3 heterocycles. The summed E-state index contributed by atoms with van der Waals surface area (Å²) in [7, 11) is -2.40. The normalized spacial score (nSPS) is 28.8. The van der Waals surface area contributed by atoms with Gasteiger partial charge < -0.3 is 30.1 Å². The number of halogens is 1. The van der Waals surface area contributed by atoms with Gasteiger partial charge in [0.05, 0.1) is 24.6 Å². The molecular weight excluding hydrogens is 746 g/mol. The Hall–Kier alpha value is -5.25. The maximum Gasteiger partial charge on any atom is 0.405 e. The van der Waals surface area contributed by atoms with Crippen molar-refractivity contribution >= 4 is 44.6 Å². The first-order valence-electron chi connectivity index (χ1n) is 18.9. The molecule has 0 unspecified atom stereocenters. The summed E-state index contributed by atoms with van der Waals surface area (Å²) in [5.74, 6) is -2.66. The lowest BCUT2D eigenvalue weighted by molar-refractivity contribution is -0.142. The van der Waals surface area contributed by atoms with Gasteiger partial charge in [-0.1, -0.05) is 26.0 Å². The number of pyridine rings is 1. The molecule has 1 saturated heterocycles. The molecule has 3 fully saturated rings. The highest BCUT2D eigenvalue weighted by molar-refractivity contribution is 7.91. The van der Waals surface area contributed by atoms with Crippen LogP contribution in [0.2, 0.25) is 0 Å². The van der Waals surface area contributed by atoms with E-state index in [4.69, 9.17) is 14.5 Å². The lowest BCUT2D eigenvalue weighted by Gasteiger charge is -2.32. The largest absolute Gasteiger partial charge is 0.497 e. The van der Waals surface area contributed by atoms with Crippen LogP contribution < -0.4 is 24.8 Å². The number of hydrogen-bond acceptors (Lipinski definition) is 9. The quantitative estimate of drug-likeness (QED) is 0.236. The molecule has 0 spiro atoms. The minimum atomic E-state index is -3.94. The van der Waals surface area contributed by atoms with Crippen molar-refractivity contribution in [3.63, 3.8) is 0 Å². The summed E-state index contributed by atoms with van der Waals surface area (Å²) in [6, 6.07) is 10.5. The van der Waals surface area contributed by atoms with E-state index in [1.807, 2.05) is 25.1 Å². The van der Waals surface area contributed by atoms with E-state index in [1.54, 1.807) is 37.3 Å². The number of nitrogens with zero attached hydrogens (tertiary/aromatic N) is 2. The summed E-state index contributed by atoms with van der Waals surface area (Å²) in [6.07, 6.45) is 4.38. The van der Waals surface area contributed by atoms with E-state index in [2.05, 4.69) is 15.4 Å². The Bertz CT molecular complexity index is 2180. The fourth-order valence-electron chi connectivity index (χ4n) is 7.98. The predicted octanol–water partition coefficient (Wildman–Crippen LogP) is 4.53. The van der Waals surface area contributed by atoms with E-state index in [-0.39, 0.29) is 31.2 Å². The zero-order valence-corrected chi connectivity index (χ0v) is 32.2. The first-order chi connectivity index (χ1) is 26.7. The number of fused-ring (bicyclic) bond motifs is 3. The summed E-state index contributed by atoms with van der Waals surface area (Å²) in [6.45, 7) is 3.68. The summed E-state index contributed by atoms with van der Waals surface area (Å²) >= 11 is 0. The Morgan fingerprint density at radius 1 is 1.05 bits per heavy atom. The molecule has 4 N–H and O–H groups in total. The van der Waals surface area contributed by atoms with Crippen LogP contribution in [0.1, 0.15) is 58.8 Å². The van der Waals surface area contributed by atoms with Crippen molar-refractivity contribution in [1.82, 2.24) is 25.2 Å². The van der Waals surface area contributed by atoms with Crippen molar-refractivity contribution in [2.45, 2.75) is 87.8 Å². The van der Waals surface area contributed by atoms with E-state index >= 15 is 0 Å². The van der Waals surface area contributed by atoms with Crippen molar-refractivity contribution in [3.05, 3.63) is 66.5 Å². The van der Waals surface area contributed by atoms with Gasteiger partial charge in [0.2, 0.25) is 27.7 Å². The smallest absolute Gasteiger partial charge is 0.405 e. The van der Waals surface area contributed by atoms with E-state index in [1.165, 1.54) is 24.1 Å². The molecule has 3 aromatic rings. The van der Waals surface area contributed by atoms with Crippen LogP contribution in [0.3, 0.4) is 0 Å². The van der Waals surface area contributed by atoms with Gasteiger partial charge in [0.1, 0.15) is 35.3 Å². The minimum absolute atomic E-state index is 0.0547. The van der Waals surface area contributed by atoms with Crippen LogP contribution in [0.5, 0.6) is 11.6 Å². The van der Waals surface area contributed by atoms with Crippen LogP contribution in [-0.4, -0.2) is 89.9 Å². The average Bonchev–Trinajstić information content (AvgIpc) is 4.08. The molecular formula is C40H46FN5O9S. The third kappa shape index (κ3) is 8.15. The average molecular weight is 792 g/mol. The van der Waals surface area contributed by atoms with Gasteiger partial charge in [-0.05, 0) is 104 Å². The molecule has 0 radical (unpaired) electrons. The number of carbonyl (C=O) groups is 4. The number of methoxy groups -OCH3 is 1. The maximum atomic E-state index is 14.5. The number of hydrogen-bond donors (Lipinski definition) is 4. The lowest BCUT2D eigenvalue weighted by atomic mass is 9.88. The van der Waals surface area contributed by atoms with Gasteiger partial charge in [0, 0.05) is 23.3 Å². The van der Waals surface area contributed by atoms with Crippen molar-refractivity contribution in [3.8, 4) is 22.9 Å². The fourth-order valence-corrected chi connectivity index (χ4v) is 9.34. The fraction of sp³-hybridized carbons (Fsp3) is 0.475. The zero-order chi connectivity index (χ0) is 39.9. The number of benzene rings is 2. The molecule has 2 saturated carbocycles. The SMILES string of the molecule is COc1ccc2c(O[C@@H]3C[C@H]4C(=O)N[C@]5(C(=O)NS(=O)(=O)C6CC6)C[C@H]5/C=C\CC[C@@H](C)C[C@@H](C)[C@H](NC(=O)O)C(=O)N4C3)nc(-c3ccc(F)cc3)cc2c1. The van der Waals surface area contributed by atoms with Crippen LogP contribution in [-0.2, 0) is 24.4 Å². The molecule has 7 atom stereocenters. The van der Waals surface area contributed by atoms with Gasteiger partial charge >= 0.3 is 6.09 Å². The van der Waals surface area contributed by atoms with E-state index in [9.17, 15) is 37.1 Å². The van der Waals surface area contributed by atoms with Gasteiger partial charge in [0.25, 0.3) is 5.91 Å². The molecule has 4 aliphatic rings. The Balaban J connectivity index is 1.25. The molecule has 7 rings (SSSR count). The zero-order valence-electron chi connectivity index (χ0n) is 31.4. The molecule has 298 valence electrons. The Kier molecular flexibility index (Phi) is 10.7.